The van der Waals surface area contributed by atoms with Crippen LogP contribution in [0.25, 0.3) is 0 Å². The maximum atomic E-state index is 3.99. The number of hydrogen-bond acceptors (Lipinski definition) is 2. The largest absolute Gasteiger partial charge is 0.191 e. The van der Waals surface area contributed by atoms with Crippen LogP contribution in [0.2, 0.25) is 0 Å². The van der Waals surface area contributed by atoms with Gasteiger partial charge in [0.2, 0.25) is 0 Å². The summed E-state index contributed by atoms with van der Waals surface area (Å²) in [5.74, 6) is 0. The van der Waals surface area contributed by atoms with Crippen LogP contribution in [-0.4, -0.2) is 17.0 Å². The van der Waals surface area contributed by atoms with Gasteiger partial charge in [-0.25, -0.2) is 0 Å². The van der Waals surface area contributed by atoms with Crippen LogP contribution in [0.15, 0.2) is 40.7 Å². The maximum absolute atomic E-state index is 3.99. The first-order chi connectivity index (χ1) is 5.88. The molecular weight excluding hydrogens is 150 g/mol. The average molecular weight is 160 g/mol. The number of rotatable bonds is 1. The first kappa shape index (κ1) is 7.16. The van der Waals surface area contributed by atoms with E-state index in [0.29, 0.717) is 0 Å². The second kappa shape index (κ2) is 2.85. The Bertz CT molecular complexity index is 327. The molecule has 1 heterocycles. The standard InChI is InChI=1S/C9H10N3/c1-8-7-10-11-12(8)9-5-3-2-4-6-9/h2-8H,1H3/q+1. The van der Waals surface area contributed by atoms with Gasteiger partial charge in [0.05, 0.1) is 5.10 Å². The predicted octanol–water partition coefficient (Wildman–Crippen LogP) is 2.17. The van der Waals surface area contributed by atoms with E-state index < -0.39 is 0 Å². The molecule has 0 bridgehead atoms. The number of para-hydroxylation sites is 1. The summed E-state index contributed by atoms with van der Waals surface area (Å²) >= 11 is 0. The van der Waals surface area contributed by atoms with Crippen LogP contribution in [0, 0.1) is 0 Å². The molecule has 12 heavy (non-hydrogen) atoms. The quantitative estimate of drug-likeness (QED) is 0.563. The molecule has 1 aliphatic heterocycles. The first-order valence-electron chi connectivity index (χ1n) is 3.96. The van der Waals surface area contributed by atoms with Crippen LogP contribution in [0.1, 0.15) is 6.92 Å². The fourth-order valence-electron chi connectivity index (χ4n) is 1.19. The lowest BCUT2D eigenvalue weighted by Crippen LogP contribution is -2.13. The average Bonchev–Trinajstić information content (AvgIpc) is 2.53. The summed E-state index contributed by atoms with van der Waals surface area (Å²) in [6, 6.07) is 10.3. The van der Waals surface area contributed by atoms with E-state index in [-0.39, 0.29) is 6.04 Å². The second-order valence-corrected chi connectivity index (χ2v) is 2.77. The first-order valence-corrected chi connectivity index (χ1v) is 3.96. The molecule has 60 valence electrons. The van der Waals surface area contributed by atoms with Gasteiger partial charge in [-0.1, -0.05) is 18.2 Å². The summed E-state index contributed by atoms with van der Waals surface area (Å²) in [5, 5.41) is 7.84. The van der Waals surface area contributed by atoms with E-state index in [0.717, 1.165) is 5.69 Å². The van der Waals surface area contributed by atoms with Crippen molar-refractivity contribution in [1.29, 1.82) is 0 Å². The third-order valence-corrected chi connectivity index (χ3v) is 1.84. The molecule has 1 atom stereocenters. The molecule has 0 saturated carbocycles. The van der Waals surface area contributed by atoms with E-state index in [1.165, 1.54) is 0 Å². The lowest BCUT2D eigenvalue weighted by molar-refractivity contribution is -0.524. The number of nitrogens with zero attached hydrogens (tertiary/aromatic N) is 3. The Hall–Kier alpha value is -1.51. The van der Waals surface area contributed by atoms with E-state index in [2.05, 4.69) is 17.2 Å². The van der Waals surface area contributed by atoms with Crippen molar-refractivity contribution in [2.45, 2.75) is 13.0 Å². The van der Waals surface area contributed by atoms with Gasteiger partial charge in [0.15, 0.2) is 17.9 Å². The molecule has 0 spiro atoms. The van der Waals surface area contributed by atoms with Gasteiger partial charge in [-0.2, -0.15) is 0 Å². The van der Waals surface area contributed by atoms with Crippen molar-refractivity contribution in [2.24, 2.45) is 10.3 Å². The molecule has 0 N–H and O–H groups in total. The Labute approximate surface area is 71.0 Å². The van der Waals surface area contributed by atoms with Gasteiger partial charge >= 0.3 is 0 Å². The minimum atomic E-state index is 0.271. The van der Waals surface area contributed by atoms with Gasteiger partial charge in [0.25, 0.3) is 0 Å². The van der Waals surface area contributed by atoms with Crippen LogP contribution in [0.4, 0.5) is 5.69 Å². The highest BCUT2D eigenvalue weighted by Crippen LogP contribution is 2.15. The Morgan fingerprint density at radius 3 is 2.58 bits per heavy atom. The molecule has 1 aromatic carbocycles. The topological polar surface area (TPSA) is 27.7 Å². The van der Waals surface area contributed by atoms with Gasteiger partial charge < -0.3 is 0 Å². The molecule has 0 amide bonds. The summed E-state index contributed by atoms with van der Waals surface area (Å²) in [4.78, 5) is 0. The van der Waals surface area contributed by atoms with Crippen LogP contribution >= 0.6 is 0 Å². The summed E-state index contributed by atoms with van der Waals surface area (Å²) in [6.45, 7) is 2.06. The van der Waals surface area contributed by atoms with Crippen molar-refractivity contribution < 1.29 is 4.70 Å². The molecule has 0 saturated heterocycles. The molecule has 3 nitrogen and oxygen atoms in total. The van der Waals surface area contributed by atoms with E-state index in [4.69, 9.17) is 0 Å². The molecule has 0 aliphatic carbocycles. The lowest BCUT2D eigenvalue weighted by Gasteiger charge is -1.99. The second-order valence-electron chi connectivity index (χ2n) is 2.77. The fraction of sp³-hybridized carbons (Fsp3) is 0.222. The zero-order valence-electron chi connectivity index (χ0n) is 6.88. The SMILES string of the molecule is CC1C=NN=[N+]1c1ccccc1. The normalized spacial score (nSPS) is 21.1. The van der Waals surface area contributed by atoms with Crippen molar-refractivity contribution in [3.63, 3.8) is 0 Å². The summed E-state index contributed by atoms with van der Waals surface area (Å²) in [6.07, 6.45) is 1.83. The third-order valence-electron chi connectivity index (χ3n) is 1.84. The van der Waals surface area contributed by atoms with E-state index >= 15 is 0 Å². The summed E-state index contributed by atoms with van der Waals surface area (Å²) in [5.41, 5.74) is 1.09. The van der Waals surface area contributed by atoms with Crippen LogP contribution in [-0.2, 0) is 0 Å². The number of benzene rings is 1. The molecular formula is C9H10N3+. The van der Waals surface area contributed by atoms with Gasteiger partial charge in [0.1, 0.15) is 5.22 Å². The highest BCUT2D eigenvalue weighted by molar-refractivity contribution is 5.63. The molecule has 0 fully saturated rings. The van der Waals surface area contributed by atoms with Crippen molar-refractivity contribution >= 4 is 11.9 Å². The van der Waals surface area contributed by atoms with Gasteiger partial charge in [-0.05, 0) is 19.1 Å². The smallest absolute Gasteiger partial charge is 0.119 e. The summed E-state index contributed by atoms with van der Waals surface area (Å²) in [7, 11) is 0. The van der Waals surface area contributed by atoms with Crippen LogP contribution in [0.5, 0.6) is 0 Å². The van der Waals surface area contributed by atoms with Crippen LogP contribution < -0.4 is 0 Å². The highest BCUT2D eigenvalue weighted by Gasteiger charge is 2.20. The maximum Gasteiger partial charge on any atom is 0.191 e. The Morgan fingerprint density at radius 1 is 1.25 bits per heavy atom. The molecule has 1 aromatic rings. The Kier molecular flexibility index (Phi) is 1.70. The van der Waals surface area contributed by atoms with Crippen molar-refractivity contribution in [3.8, 4) is 0 Å². The molecule has 1 aliphatic rings. The molecule has 0 radical (unpaired) electrons. The number of hydrogen-bond donors (Lipinski definition) is 0. The Balaban J connectivity index is 2.34. The Morgan fingerprint density at radius 2 is 2.00 bits per heavy atom. The van der Waals surface area contributed by atoms with Crippen LogP contribution in [0.3, 0.4) is 0 Å². The minimum absolute atomic E-state index is 0.271. The summed E-state index contributed by atoms with van der Waals surface area (Å²) < 4.78 is 1.89. The fourth-order valence-corrected chi connectivity index (χ4v) is 1.19. The van der Waals surface area contributed by atoms with Gasteiger partial charge in [-0.15, -0.1) is 4.70 Å². The monoisotopic (exact) mass is 160 g/mol. The van der Waals surface area contributed by atoms with Gasteiger partial charge in [-0.3, -0.25) is 0 Å². The van der Waals surface area contributed by atoms with Gasteiger partial charge in [0, 0.05) is 0 Å². The van der Waals surface area contributed by atoms with E-state index in [9.17, 15) is 0 Å². The van der Waals surface area contributed by atoms with E-state index in [1.807, 2.05) is 41.2 Å². The zero-order chi connectivity index (χ0) is 8.39. The molecule has 1 unspecified atom stereocenters. The molecule has 3 heteroatoms. The third kappa shape index (κ3) is 1.13. The van der Waals surface area contributed by atoms with Crippen molar-refractivity contribution in [2.75, 3.05) is 0 Å². The lowest BCUT2D eigenvalue weighted by atomic mass is 10.3. The minimum Gasteiger partial charge on any atom is -0.119 e. The molecule has 0 aromatic heterocycles. The van der Waals surface area contributed by atoms with E-state index in [1.54, 1.807) is 0 Å². The molecule has 2 rings (SSSR count). The zero-order valence-corrected chi connectivity index (χ0v) is 6.88. The predicted molar refractivity (Wildman–Crippen MR) is 46.7 cm³/mol. The highest BCUT2D eigenvalue weighted by atomic mass is 15.5. The van der Waals surface area contributed by atoms with Crippen molar-refractivity contribution in [1.82, 2.24) is 0 Å². The van der Waals surface area contributed by atoms with Crippen molar-refractivity contribution in [3.05, 3.63) is 30.3 Å².